The molecule has 0 fully saturated rings. The Morgan fingerprint density at radius 1 is 1.21 bits per heavy atom. The molecule has 1 aliphatic heterocycles. The Labute approximate surface area is 163 Å². The Kier molecular flexibility index (Phi) is 4.90. The Hall–Kier alpha value is -3.08. The SMILES string of the molecule is C=C(O)CC1COc2cc(CCc3cc(-c4ccc(F)cc4)nn3C)ccc21. The minimum Gasteiger partial charge on any atom is -0.513 e. The van der Waals surface area contributed by atoms with Crippen LogP contribution in [0.3, 0.4) is 0 Å². The summed E-state index contributed by atoms with van der Waals surface area (Å²) in [5, 5.41) is 14.0. The van der Waals surface area contributed by atoms with Gasteiger partial charge >= 0.3 is 0 Å². The van der Waals surface area contributed by atoms with Crippen LogP contribution in [0.1, 0.15) is 29.2 Å². The van der Waals surface area contributed by atoms with Gasteiger partial charge in [-0.3, -0.25) is 4.68 Å². The van der Waals surface area contributed by atoms with Crippen LogP contribution in [0.15, 0.2) is 60.9 Å². The lowest BCUT2D eigenvalue weighted by Gasteiger charge is -2.08. The Morgan fingerprint density at radius 2 is 2.00 bits per heavy atom. The zero-order valence-electron chi connectivity index (χ0n) is 15.9. The van der Waals surface area contributed by atoms with Crippen molar-refractivity contribution in [2.24, 2.45) is 7.05 Å². The smallest absolute Gasteiger partial charge is 0.123 e. The molecule has 1 unspecified atom stereocenters. The molecule has 1 aliphatic rings. The summed E-state index contributed by atoms with van der Waals surface area (Å²) in [7, 11) is 1.93. The maximum Gasteiger partial charge on any atom is 0.123 e. The molecule has 28 heavy (non-hydrogen) atoms. The minimum atomic E-state index is -0.246. The van der Waals surface area contributed by atoms with Gasteiger partial charge < -0.3 is 9.84 Å². The van der Waals surface area contributed by atoms with Crippen LogP contribution in [0, 0.1) is 5.82 Å². The van der Waals surface area contributed by atoms with Crippen LogP contribution in [0.5, 0.6) is 5.75 Å². The maximum absolute atomic E-state index is 13.1. The van der Waals surface area contributed by atoms with E-state index in [1.807, 2.05) is 11.7 Å². The van der Waals surface area contributed by atoms with Crippen molar-refractivity contribution in [1.82, 2.24) is 9.78 Å². The van der Waals surface area contributed by atoms with Crippen molar-refractivity contribution >= 4 is 0 Å². The van der Waals surface area contributed by atoms with Crippen LogP contribution in [0.4, 0.5) is 4.39 Å². The molecular weight excluding hydrogens is 355 g/mol. The molecule has 2 heterocycles. The summed E-state index contributed by atoms with van der Waals surface area (Å²) in [5.74, 6) is 1.03. The number of halogens is 1. The number of aromatic nitrogens is 2. The Morgan fingerprint density at radius 3 is 2.75 bits per heavy atom. The second kappa shape index (κ2) is 7.50. The standard InChI is InChI=1S/C23H23FN2O2/c1-15(27)11-18-14-28-23-12-16(4-10-21(18)23)3-9-20-13-22(25-26(20)2)17-5-7-19(24)8-6-17/h4-8,10,12-13,18,27H,1,3,9,11,14H2,2H3. The number of hydrogen-bond donors (Lipinski definition) is 1. The third-order valence-electron chi connectivity index (χ3n) is 5.23. The lowest BCUT2D eigenvalue weighted by Crippen LogP contribution is -2.01. The van der Waals surface area contributed by atoms with Crippen LogP contribution in [-0.2, 0) is 19.9 Å². The number of allylic oxidation sites excluding steroid dienone is 1. The molecule has 1 N–H and O–H groups in total. The van der Waals surface area contributed by atoms with E-state index in [1.165, 1.54) is 17.7 Å². The van der Waals surface area contributed by atoms with Gasteiger partial charge in [0.05, 0.1) is 18.1 Å². The van der Waals surface area contributed by atoms with Crippen LogP contribution in [0.2, 0.25) is 0 Å². The molecule has 0 amide bonds. The van der Waals surface area contributed by atoms with Gasteiger partial charge in [-0.15, -0.1) is 0 Å². The summed E-state index contributed by atoms with van der Waals surface area (Å²) in [4.78, 5) is 0. The molecule has 5 heteroatoms. The van der Waals surface area contributed by atoms with E-state index in [-0.39, 0.29) is 17.5 Å². The van der Waals surface area contributed by atoms with E-state index in [9.17, 15) is 9.50 Å². The first-order chi connectivity index (χ1) is 13.5. The number of ether oxygens (including phenoxy) is 1. The first-order valence-corrected chi connectivity index (χ1v) is 9.41. The van der Waals surface area contributed by atoms with Crippen molar-refractivity contribution in [2.45, 2.75) is 25.2 Å². The van der Waals surface area contributed by atoms with Gasteiger partial charge in [0.1, 0.15) is 11.6 Å². The first-order valence-electron chi connectivity index (χ1n) is 9.41. The number of nitrogens with zero attached hydrogens (tertiary/aromatic N) is 2. The summed E-state index contributed by atoms with van der Waals surface area (Å²) in [6.07, 6.45) is 2.25. The van der Waals surface area contributed by atoms with E-state index in [4.69, 9.17) is 4.74 Å². The Balaban J connectivity index is 1.45. The molecule has 1 aromatic heterocycles. The zero-order valence-corrected chi connectivity index (χ0v) is 15.9. The lowest BCUT2D eigenvalue weighted by molar-refractivity contribution is 0.309. The predicted octanol–water partition coefficient (Wildman–Crippen LogP) is 4.95. The molecule has 3 aromatic rings. The van der Waals surface area contributed by atoms with Crippen LogP contribution in [0.25, 0.3) is 11.3 Å². The second-order valence-electron chi connectivity index (χ2n) is 7.30. The molecule has 0 saturated heterocycles. The maximum atomic E-state index is 13.1. The van der Waals surface area contributed by atoms with Crippen LogP contribution >= 0.6 is 0 Å². The highest BCUT2D eigenvalue weighted by molar-refractivity contribution is 5.59. The minimum absolute atomic E-state index is 0.178. The van der Waals surface area contributed by atoms with Crippen molar-refractivity contribution in [1.29, 1.82) is 0 Å². The average molecular weight is 378 g/mol. The number of aryl methyl sites for hydroxylation is 3. The van der Waals surface area contributed by atoms with Gasteiger partial charge in [0.2, 0.25) is 0 Å². The number of rotatable bonds is 6. The molecule has 4 rings (SSSR count). The number of aliphatic hydroxyl groups excluding tert-OH is 1. The lowest BCUT2D eigenvalue weighted by atomic mass is 9.95. The highest BCUT2D eigenvalue weighted by atomic mass is 19.1. The summed E-state index contributed by atoms with van der Waals surface area (Å²) in [6, 6.07) is 14.8. The molecule has 4 nitrogen and oxygen atoms in total. The quantitative estimate of drug-likeness (QED) is 0.618. The van der Waals surface area contributed by atoms with Crippen molar-refractivity contribution in [3.8, 4) is 17.0 Å². The van der Waals surface area contributed by atoms with E-state index >= 15 is 0 Å². The monoisotopic (exact) mass is 378 g/mol. The second-order valence-corrected chi connectivity index (χ2v) is 7.30. The van der Waals surface area contributed by atoms with E-state index in [2.05, 4.69) is 35.9 Å². The number of fused-ring (bicyclic) bond motifs is 1. The number of benzene rings is 2. The van der Waals surface area contributed by atoms with Crippen molar-refractivity contribution in [3.63, 3.8) is 0 Å². The highest BCUT2D eigenvalue weighted by Crippen LogP contribution is 2.37. The number of aliphatic hydroxyl groups is 1. The summed E-state index contributed by atoms with van der Waals surface area (Å²) >= 11 is 0. The molecule has 1 atom stereocenters. The van der Waals surface area contributed by atoms with Gasteiger partial charge in [0, 0.05) is 36.2 Å². The fourth-order valence-electron chi connectivity index (χ4n) is 3.70. The van der Waals surface area contributed by atoms with Gasteiger partial charge in [-0.05, 0) is 54.8 Å². The normalized spacial score (nSPS) is 15.3. The zero-order chi connectivity index (χ0) is 19.7. The van der Waals surface area contributed by atoms with Crippen LogP contribution in [-0.4, -0.2) is 21.5 Å². The molecule has 0 bridgehead atoms. The summed E-state index contributed by atoms with van der Waals surface area (Å²) in [5.41, 5.74) is 5.22. The van der Waals surface area contributed by atoms with Crippen molar-refractivity contribution < 1.29 is 14.2 Å². The fourth-order valence-corrected chi connectivity index (χ4v) is 3.70. The molecule has 144 valence electrons. The van der Waals surface area contributed by atoms with Crippen molar-refractivity contribution in [3.05, 3.63) is 83.5 Å². The molecule has 0 spiro atoms. The van der Waals surface area contributed by atoms with Crippen molar-refractivity contribution in [2.75, 3.05) is 6.61 Å². The molecular formula is C23H23FN2O2. The summed E-state index contributed by atoms with van der Waals surface area (Å²) < 4.78 is 20.8. The molecule has 0 saturated carbocycles. The largest absolute Gasteiger partial charge is 0.513 e. The van der Waals surface area contributed by atoms with Gasteiger partial charge in [0.25, 0.3) is 0 Å². The fraction of sp³-hybridized carbons (Fsp3) is 0.261. The number of hydrogen-bond acceptors (Lipinski definition) is 3. The van der Waals surface area contributed by atoms with Gasteiger partial charge in [-0.2, -0.15) is 5.10 Å². The van der Waals surface area contributed by atoms with Crippen LogP contribution < -0.4 is 4.74 Å². The van der Waals surface area contributed by atoms with Gasteiger partial charge in [-0.1, -0.05) is 18.7 Å². The van der Waals surface area contributed by atoms with E-state index in [0.717, 1.165) is 41.1 Å². The average Bonchev–Trinajstić information content (AvgIpc) is 3.23. The predicted molar refractivity (Wildman–Crippen MR) is 107 cm³/mol. The van der Waals surface area contributed by atoms with E-state index < -0.39 is 0 Å². The van der Waals surface area contributed by atoms with E-state index in [0.29, 0.717) is 13.0 Å². The topological polar surface area (TPSA) is 47.3 Å². The molecule has 2 aromatic carbocycles. The Bertz CT molecular complexity index is 1010. The molecule has 0 radical (unpaired) electrons. The third kappa shape index (κ3) is 3.79. The third-order valence-corrected chi connectivity index (χ3v) is 5.23. The highest BCUT2D eigenvalue weighted by Gasteiger charge is 2.24. The van der Waals surface area contributed by atoms with Gasteiger partial charge in [0.15, 0.2) is 0 Å². The molecule has 0 aliphatic carbocycles. The van der Waals surface area contributed by atoms with E-state index in [1.54, 1.807) is 12.1 Å². The summed E-state index contributed by atoms with van der Waals surface area (Å²) in [6.45, 7) is 4.17. The first kappa shape index (κ1) is 18.3. The van der Waals surface area contributed by atoms with Gasteiger partial charge in [-0.25, -0.2) is 4.39 Å².